The van der Waals surface area contributed by atoms with Gasteiger partial charge in [0, 0.05) is 12.8 Å². The molecule has 72 valence electrons. The summed E-state index contributed by atoms with van der Waals surface area (Å²) in [5.41, 5.74) is 0. The summed E-state index contributed by atoms with van der Waals surface area (Å²) in [6.45, 7) is 7.31. The summed E-state index contributed by atoms with van der Waals surface area (Å²) in [6, 6.07) is 0. The maximum Gasteiger partial charge on any atom is 0.176 e. The number of rotatable bonds is 4. The van der Waals surface area contributed by atoms with Gasteiger partial charge in [-0.3, -0.25) is 0 Å². The number of azo groups is 1. The Morgan fingerprint density at radius 1 is 1.08 bits per heavy atom. The highest BCUT2D eigenvalue weighted by Crippen LogP contribution is 2.53. The maximum absolute atomic E-state index is 4.42. The van der Waals surface area contributed by atoms with Gasteiger partial charge in [0.25, 0.3) is 0 Å². The fraction of sp³-hybridized carbons (Fsp3) is 0.500. The van der Waals surface area contributed by atoms with Gasteiger partial charge in [-0.15, -0.1) is 38.4 Å². The smallest absolute Gasteiger partial charge is 0.163 e. The van der Waals surface area contributed by atoms with Crippen LogP contribution >= 0.6 is 37.0 Å². The van der Waals surface area contributed by atoms with E-state index in [0.29, 0.717) is 12.8 Å². The van der Waals surface area contributed by atoms with Crippen LogP contribution in [0.5, 0.6) is 0 Å². The highest BCUT2D eigenvalue weighted by atomic mass is 32.2. The molecule has 1 aliphatic rings. The van der Waals surface area contributed by atoms with Crippen LogP contribution in [0.2, 0.25) is 0 Å². The molecule has 1 aliphatic heterocycles. The minimum atomic E-state index is -0.494. The zero-order valence-corrected chi connectivity index (χ0v) is 9.79. The van der Waals surface area contributed by atoms with E-state index in [1.54, 1.807) is 12.2 Å². The zero-order valence-electron chi connectivity index (χ0n) is 7.18. The van der Waals surface area contributed by atoms with E-state index < -0.39 is 8.41 Å². The standard InChI is InChI=1S/C8H12N2S3/c1-3-5-7(11)9-10-8(12,13-7)6-4-2/h3-4,11-12H,1-2,5-6H2. The molecular weight excluding hydrogens is 220 g/mol. The summed E-state index contributed by atoms with van der Waals surface area (Å²) in [4.78, 5) is 0. The predicted octanol–water partition coefficient (Wildman–Crippen LogP) is 3.50. The number of nitrogens with zero attached hydrogens (tertiary/aromatic N) is 2. The molecule has 0 radical (unpaired) electrons. The van der Waals surface area contributed by atoms with Crippen LogP contribution < -0.4 is 0 Å². The molecule has 0 aromatic carbocycles. The van der Waals surface area contributed by atoms with E-state index in [9.17, 15) is 0 Å². The second kappa shape index (κ2) is 4.11. The van der Waals surface area contributed by atoms with Crippen LogP contribution in [-0.4, -0.2) is 8.41 Å². The van der Waals surface area contributed by atoms with Gasteiger partial charge in [-0.1, -0.05) is 23.9 Å². The molecule has 0 saturated carbocycles. The second-order valence-corrected chi connectivity index (χ2v) is 6.41. The first-order valence-corrected chi connectivity index (χ1v) is 5.55. The van der Waals surface area contributed by atoms with Crippen molar-refractivity contribution in [3.63, 3.8) is 0 Å². The van der Waals surface area contributed by atoms with Crippen molar-refractivity contribution in [2.45, 2.75) is 21.2 Å². The first-order valence-electron chi connectivity index (χ1n) is 3.84. The van der Waals surface area contributed by atoms with E-state index in [1.165, 1.54) is 11.8 Å². The largest absolute Gasteiger partial charge is 0.176 e. The van der Waals surface area contributed by atoms with Gasteiger partial charge < -0.3 is 0 Å². The minimum absolute atomic E-state index is 0.494. The van der Waals surface area contributed by atoms with Crippen molar-refractivity contribution in [3.05, 3.63) is 25.3 Å². The lowest BCUT2D eigenvalue weighted by molar-refractivity contribution is 0.777. The zero-order chi connectivity index (χ0) is 9.95. The fourth-order valence-electron chi connectivity index (χ4n) is 1.000. The van der Waals surface area contributed by atoms with Gasteiger partial charge in [-0.25, -0.2) is 0 Å². The molecule has 2 unspecified atom stereocenters. The summed E-state index contributed by atoms with van der Waals surface area (Å²) >= 11 is 10.3. The monoisotopic (exact) mass is 232 g/mol. The molecule has 0 amide bonds. The Balaban J connectivity index is 2.68. The van der Waals surface area contributed by atoms with Crippen LogP contribution in [0.4, 0.5) is 0 Å². The Morgan fingerprint density at radius 2 is 1.46 bits per heavy atom. The quantitative estimate of drug-likeness (QED) is 0.563. The van der Waals surface area contributed by atoms with Crippen molar-refractivity contribution >= 4 is 37.0 Å². The SMILES string of the molecule is C=CCC1(S)N=NC(S)(CC=C)S1. The summed E-state index contributed by atoms with van der Waals surface area (Å²) in [6.07, 6.45) is 4.94. The third-order valence-electron chi connectivity index (χ3n) is 1.51. The van der Waals surface area contributed by atoms with E-state index >= 15 is 0 Å². The average Bonchev–Trinajstić information content (AvgIpc) is 2.29. The molecule has 1 heterocycles. The molecule has 0 aliphatic carbocycles. The third kappa shape index (κ3) is 2.79. The van der Waals surface area contributed by atoms with Crippen LogP contribution in [-0.2, 0) is 0 Å². The molecule has 2 nitrogen and oxygen atoms in total. The van der Waals surface area contributed by atoms with Crippen molar-refractivity contribution in [2.24, 2.45) is 10.2 Å². The molecule has 0 fully saturated rings. The van der Waals surface area contributed by atoms with E-state index in [1.807, 2.05) is 0 Å². The molecule has 13 heavy (non-hydrogen) atoms. The fourth-order valence-corrected chi connectivity index (χ4v) is 3.56. The summed E-state index contributed by atoms with van der Waals surface area (Å²) < 4.78 is -0.987. The first-order chi connectivity index (χ1) is 6.04. The van der Waals surface area contributed by atoms with Crippen molar-refractivity contribution in [3.8, 4) is 0 Å². The molecule has 0 saturated heterocycles. The van der Waals surface area contributed by atoms with Crippen molar-refractivity contribution in [1.82, 2.24) is 0 Å². The number of hydrogen-bond acceptors (Lipinski definition) is 5. The number of thioether (sulfide) groups is 1. The molecule has 0 aromatic heterocycles. The molecule has 5 heteroatoms. The van der Waals surface area contributed by atoms with Crippen molar-refractivity contribution in [2.75, 3.05) is 0 Å². The summed E-state index contributed by atoms with van der Waals surface area (Å²) in [7, 11) is 0. The summed E-state index contributed by atoms with van der Waals surface area (Å²) in [5.74, 6) is 0. The molecular formula is C8H12N2S3. The van der Waals surface area contributed by atoms with Gasteiger partial charge >= 0.3 is 0 Å². The van der Waals surface area contributed by atoms with Gasteiger partial charge in [-0.05, 0) is 0 Å². The Labute approximate surface area is 93.8 Å². The van der Waals surface area contributed by atoms with Crippen LogP contribution in [0.1, 0.15) is 12.8 Å². The highest BCUT2D eigenvalue weighted by molar-refractivity contribution is 8.19. The van der Waals surface area contributed by atoms with Gasteiger partial charge in [0.2, 0.25) is 0 Å². The van der Waals surface area contributed by atoms with E-state index in [4.69, 9.17) is 0 Å². The van der Waals surface area contributed by atoms with E-state index in [2.05, 4.69) is 48.6 Å². The first kappa shape index (κ1) is 11.2. The Kier molecular flexibility index (Phi) is 3.54. The number of hydrogen-bond donors (Lipinski definition) is 2. The predicted molar refractivity (Wildman–Crippen MR) is 65.5 cm³/mol. The van der Waals surface area contributed by atoms with Crippen LogP contribution in [0, 0.1) is 0 Å². The highest BCUT2D eigenvalue weighted by Gasteiger charge is 2.42. The van der Waals surface area contributed by atoms with Gasteiger partial charge in [0.15, 0.2) is 8.41 Å². The lowest BCUT2D eigenvalue weighted by atomic mass is 10.4. The molecule has 2 atom stereocenters. The second-order valence-electron chi connectivity index (χ2n) is 2.77. The Hall–Kier alpha value is 0.130. The van der Waals surface area contributed by atoms with Crippen LogP contribution in [0.25, 0.3) is 0 Å². The van der Waals surface area contributed by atoms with E-state index in [-0.39, 0.29) is 0 Å². The van der Waals surface area contributed by atoms with Crippen LogP contribution in [0.3, 0.4) is 0 Å². The maximum atomic E-state index is 4.42. The van der Waals surface area contributed by atoms with Gasteiger partial charge in [0.05, 0.1) is 0 Å². The molecule has 0 bridgehead atoms. The molecule has 0 N–H and O–H groups in total. The number of thiol groups is 2. The lowest BCUT2D eigenvalue weighted by Gasteiger charge is -2.20. The summed E-state index contributed by atoms with van der Waals surface area (Å²) in [5, 5.41) is 8.17. The van der Waals surface area contributed by atoms with Crippen molar-refractivity contribution in [1.29, 1.82) is 0 Å². The minimum Gasteiger partial charge on any atom is -0.163 e. The normalized spacial score (nSPS) is 37.7. The van der Waals surface area contributed by atoms with Gasteiger partial charge in [-0.2, -0.15) is 10.2 Å². The van der Waals surface area contributed by atoms with E-state index in [0.717, 1.165) is 0 Å². The average molecular weight is 232 g/mol. The third-order valence-corrected chi connectivity index (χ3v) is 3.75. The molecule has 0 aromatic rings. The van der Waals surface area contributed by atoms with Crippen molar-refractivity contribution < 1.29 is 0 Å². The topological polar surface area (TPSA) is 24.7 Å². The van der Waals surface area contributed by atoms with Gasteiger partial charge in [0.1, 0.15) is 0 Å². The molecule has 0 spiro atoms. The van der Waals surface area contributed by atoms with Crippen LogP contribution in [0.15, 0.2) is 35.5 Å². The Bertz CT molecular complexity index is 230. The Morgan fingerprint density at radius 3 is 1.77 bits per heavy atom. The molecule has 1 rings (SSSR count). The lowest BCUT2D eigenvalue weighted by Crippen LogP contribution is -2.15.